The molecule has 4 N–H and O–H groups in total. The molecule has 0 spiro atoms. The van der Waals surface area contributed by atoms with Gasteiger partial charge in [-0.25, -0.2) is 14.1 Å². The van der Waals surface area contributed by atoms with E-state index in [2.05, 4.69) is 4.98 Å². The van der Waals surface area contributed by atoms with Crippen LogP contribution in [0.1, 0.15) is 0 Å². The highest BCUT2D eigenvalue weighted by molar-refractivity contribution is 7.48. The smallest absolute Gasteiger partial charge is 0.500 e. The molecule has 0 aliphatic carbocycles. The maximum Gasteiger partial charge on any atom is 0.585 e. The molecule has 0 radical (unpaired) electrons. The zero-order valence-electron chi connectivity index (χ0n) is 10.4. The highest BCUT2D eigenvalue weighted by Gasteiger charge is 2.29. The van der Waals surface area contributed by atoms with Crippen LogP contribution in [0.15, 0.2) is 36.9 Å². The number of aromatic hydroxyl groups is 2. The van der Waals surface area contributed by atoms with Crippen LogP contribution in [-0.4, -0.2) is 15.1 Å². The molecule has 2 heterocycles. The molecule has 1 unspecified atom stereocenters. The summed E-state index contributed by atoms with van der Waals surface area (Å²) in [6.07, 6.45) is 5.39. The van der Waals surface area contributed by atoms with E-state index in [1.54, 1.807) is 7.05 Å². The van der Waals surface area contributed by atoms with Gasteiger partial charge in [-0.15, -0.1) is 0 Å². The van der Waals surface area contributed by atoms with Gasteiger partial charge in [0.1, 0.15) is 7.05 Å². The van der Waals surface area contributed by atoms with Crippen molar-refractivity contribution < 1.29 is 38.3 Å². The van der Waals surface area contributed by atoms with Gasteiger partial charge in [-0.2, -0.15) is 0 Å². The second-order valence-electron chi connectivity index (χ2n) is 3.90. The summed E-state index contributed by atoms with van der Waals surface area (Å²) in [4.78, 5) is 12.2. The van der Waals surface area contributed by atoms with Gasteiger partial charge < -0.3 is 19.3 Å². The molecule has 2 aromatic rings. The van der Waals surface area contributed by atoms with Crippen LogP contribution in [0.2, 0.25) is 0 Å². The van der Waals surface area contributed by atoms with Crippen LogP contribution in [0.3, 0.4) is 0 Å². The van der Waals surface area contributed by atoms with Gasteiger partial charge in [0.25, 0.3) is 0 Å². The van der Waals surface area contributed by atoms with Crippen molar-refractivity contribution in [3.63, 3.8) is 0 Å². The number of aromatic nitrogens is 2. The molecule has 0 aliphatic rings. The third kappa shape index (κ3) is 3.37. The van der Waals surface area contributed by atoms with Crippen molar-refractivity contribution in [3.05, 3.63) is 36.9 Å². The Hall–Kier alpha value is -2.31. The first-order valence-corrected chi connectivity index (χ1v) is 6.96. The predicted octanol–water partition coefficient (Wildman–Crippen LogP) is 0.295. The summed E-state index contributed by atoms with van der Waals surface area (Å²) < 4.78 is 22.8. The summed E-state index contributed by atoms with van der Waals surface area (Å²) in [6, 6.07) is 2.56. The average Bonchev–Trinajstić information content (AvgIpc) is 2.35. The highest BCUT2D eigenvalue weighted by atomic mass is 31.2. The first-order valence-electron chi connectivity index (χ1n) is 5.47. The third-order valence-corrected chi connectivity index (χ3v) is 3.13. The fraction of sp³-hybridized carbons (Fsp3) is 0.0909. The van der Waals surface area contributed by atoms with Gasteiger partial charge in [0.15, 0.2) is 23.9 Å². The third-order valence-electron chi connectivity index (χ3n) is 2.27. The van der Waals surface area contributed by atoms with Gasteiger partial charge in [0.2, 0.25) is 23.9 Å². The van der Waals surface area contributed by atoms with Gasteiger partial charge >= 0.3 is 7.82 Å². The molecule has 20 heavy (non-hydrogen) atoms. The zero-order valence-corrected chi connectivity index (χ0v) is 11.3. The Morgan fingerprint density at radius 3 is 2.45 bits per heavy atom. The van der Waals surface area contributed by atoms with E-state index in [-0.39, 0.29) is 23.0 Å². The Balaban J connectivity index is 2.19. The maximum absolute atomic E-state index is 11.8. The summed E-state index contributed by atoms with van der Waals surface area (Å²) in [5.74, 6) is -1.11. The summed E-state index contributed by atoms with van der Waals surface area (Å²) in [5.41, 5.74) is 0. The van der Waals surface area contributed by atoms with Crippen molar-refractivity contribution in [2.45, 2.75) is 0 Å². The van der Waals surface area contributed by atoms with Crippen LogP contribution in [0.4, 0.5) is 0 Å². The molecular formula is C11H13N2O6P+2. The van der Waals surface area contributed by atoms with Gasteiger partial charge in [-0.05, 0) is 0 Å². The zero-order chi connectivity index (χ0) is 14.8. The lowest BCUT2D eigenvalue weighted by atomic mass is 10.4. The molecule has 2 aromatic heterocycles. The topological polar surface area (TPSA) is 114 Å². The van der Waals surface area contributed by atoms with Gasteiger partial charge in [-0.1, -0.05) is 0 Å². The monoisotopic (exact) mass is 300 g/mol. The Kier molecular flexibility index (Phi) is 3.78. The van der Waals surface area contributed by atoms with Crippen LogP contribution in [0.25, 0.3) is 0 Å². The Morgan fingerprint density at radius 1 is 1.20 bits per heavy atom. The largest absolute Gasteiger partial charge is 0.585 e. The fourth-order valence-electron chi connectivity index (χ4n) is 1.40. The number of nitrogens with zero attached hydrogens (tertiary/aromatic N) is 1. The SMILES string of the molecule is C[n+]1ccc(OP(=O)(O)Oc2cc[nH+]cc2O)c(O)c1. The summed E-state index contributed by atoms with van der Waals surface area (Å²) in [5, 5.41) is 19.0. The number of H-pyrrole nitrogens is 1. The fourth-order valence-corrected chi connectivity index (χ4v) is 2.24. The van der Waals surface area contributed by atoms with Crippen LogP contribution < -0.4 is 18.6 Å². The minimum absolute atomic E-state index is 0.212. The predicted molar refractivity (Wildman–Crippen MR) is 65.0 cm³/mol. The van der Waals surface area contributed by atoms with E-state index in [1.807, 2.05) is 0 Å². The molecule has 0 bridgehead atoms. The number of phosphoric acid groups is 1. The molecule has 8 nitrogen and oxygen atoms in total. The Morgan fingerprint density at radius 2 is 1.85 bits per heavy atom. The average molecular weight is 300 g/mol. The van der Waals surface area contributed by atoms with Crippen LogP contribution >= 0.6 is 7.82 Å². The number of hydrogen-bond acceptors (Lipinski definition) is 5. The molecule has 106 valence electrons. The quantitative estimate of drug-likeness (QED) is 0.552. The highest BCUT2D eigenvalue weighted by Crippen LogP contribution is 2.47. The summed E-state index contributed by atoms with van der Waals surface area (Å²) in [7, 11) is -2.88. The van der Waals surface area contributed by atoms with Crippen molar-refractivity contribution in [1.29, 1.82) is 0 Å². The van der Waals surface area contributed by atoms with E-state index < -0.39 is 7.82 Å². The van der Waals surface area contributed by atoms with Crippen LogP contribution in [-0.2, 0) is 11.6 Å². The molecule has 0 saturated carbocycles. The van der Waals surface area contributed by atoms with Crippen molar-refractivity contribution in [2.24, 2.45) is 7.05 Å². The molecule has 9 heteroatoms. The molecule has 0 aromatic carbocycles. The van der Waals surface area contributed by atoms with E-state index in [9.17, 15) is 19.7 Å². The molecule has 0 amide bonds. The van der Waals surface area contributed by atoms with Gasteiger partial charge in [-0.3, -0.25) is 4.89 Å². The Labute approximate surface area is 114 Å². The molecule has 1 atom stereocenters. The standard InChI is InChI=1S/C11H11N2O6P/c1-13-5-3-11(9(15)7-13)19-20(16,17)18-10-2-4-12-6-8(10)14/h2-7H,1H3,(H2-,14,15,16,17)/p+2. The van der Waals surface area contributed by atoms with Crippen LogP contribution in [0, 0.1) is 0 Å². The lowest BCUT2D eigenvalue weighted by Gasteiger charge is -2.13. The molecule has 0 aliphatic heterocycles. The lowest BCUT2D eigenvalue weighted by Crippen LogP contribution is -2.25. The number of pyridine rings is 2. The second-order valence-corrected chi connectivity index (χ2v) is 5.21. The summed E-state index contributed by atoms with van der Waals surface area (Å²) in [6.45, 7) is 0. The van der Waals surface area contributed by atoms with Crippen molar-refractivity contribution in [3.8, 4) is 23.0 Å². The van der Waals surface area contributed by atoms with Gasteiger partial charge in [0.05, 0.1) is 0 Å². The minimum atomic E-state index is -4.55. The molecular weight excluding hydrogens is 287 g/mol. The van der Waals surface area contributed by atoms with Crippen molar-refractivity contribution >= 4 is 7.82 Å². The van der Waals surface area contributed by atoms with E-state index >= 15 is 0 Å². The Bertz CT molecular complexity index is 678. The first-order chi connectivity index (χ1) is 9.37. The number of hydrogen-bond donors (Lipinski definition) is 3. The number of aromatic amines is 1. The molecule has 2 rings (SSSR count). The van der Waals surface area contributed by atoms with Crippen molar-refractivity contribution in [1.82, 2.24) is 0 Å². The van der Waals surface area contributed by atoms with E-state index in [4.69, 9.17) is 9.05 Å². The summed E-state index contributed by atoms with van der Waals surface area (Å²) >= 11 is 0. The number of aryl methyl sites for hydroxylation is 1. The molecule has 0 fully saturated rings. The van der Waals surface area contributed by atoms with E-state index in [0.29, 0.717) is 0 Å². The lowest BCUT2D eigenvalue weighted by molar-refractivity contribution is -0.671. The van der Waals surface area contributed by atoms with E-state index in [0.717, 1.165) is 0 Å². The molecule has 0 saturated heterocycles. The first kappa shape index (κ1) is 14.1. The number of phosphoric ester groups is 1. The van der Waals surface area contributed by atoms with Crippen LogP contribution in [0.5, 0.6) is 23.0 Å². The van der Waals surface area contributed by atoms with Gasteiger partial charge in [0, 0.05) is 12.1 Å². The maximum atomic E-state index is 11.8. The van der Waals surface area contributed by atoms with E-state index in [1.165, 1.54) is 41.5 Å². The number of rotatable bonds is 4. The van der Waals surface area contributed by atoms with Crippen molar-refractivity contribution in [2.75, 3.05) is 0 Å². The normalized spacial score (nSPS) is 13.5. The minimum Gasteiger partial charge on any atom is -0.500 e. The second kappa shape index (κ2) is 5.36. The number of nitrogens with one attached hydrogen (secondary N) is 1.